The molecular weight excluding hydrogens is 340 g/mol. The number of pyridine rings is 1. The van der Waals surface area contributed by atoms with Gasteiger partial charge < -0.3 is 4.74 Å². The van der Waals surface area contributed by atoms with E-state index < -0.39 is 16.0 Å². The molecule has 2 aromatic carbocycles. The van der Waals surface area contributed by atoms with E-state index in [9.17, 15) is 13.2 Å². The molecule has 0 atom stereocenters. The van der Waals surface area contributed by atoms with Gasteiger partial charge in [0, 0.05) is 17.1 Å². The molecule has 1 aromatic heterocycles. The molecule has 0 aliphatic heterocycles. The number of carbonyl (C=O) groups excluding carboxylic acids is 1. The molecule has 0 amide bonds. The number of esters is 1. The number of benzene rings is 2. The van der Waals surface area contributed by atoms with Crippen molar-refractivity contribution in [2.75, 3.05) is 11.0 Å². The molecule has 0 radical (unpaired) electrons. The Balaban J connectivity index is 1.81. The summed E-state index contributed by atoms with van der Waals surface area (Å²) in [5.74, 6) is -0.611. The van der Waals surface area contributed by atoms with Crippen LogP contribution in [0.15, 0.2) is 60.8 Å². The number of aromatic nitrogens is 1. The normalized spacial score (nSPS) is 11.2. The van der Waals surface area contributed by atoms with E-state index in [1.54, 1.807) is 18.3 Å². The van der Waals surface area contributed by atoms with Gasteiger partial charge in [0.1, 0.15) is 6.61 Å². The molecule has 0 aliphatic carbocycles. The Bertz CT molecular complexity index is 1030. The molecule has 7 heteroatoms. The van der Waals surface area contributed by atoms with E-state index in [-0.39, 0.29) is 17.9 Å². The van der Waals surface area contributed by atoms with Crippen molar-refractivity contribution in [2.45, 2.75) is 6.61 Å². The van der Waals surface area contributed by atoms with Gasteiger partial charge in [-0.25, -0.2) is 13.2 Å². The van der Waals surface area contributed by atoms with Crippen molar-refractivity contribution in [1.82, 2.24) is 4.98 Å². The van der Waals surface area contributed by atoms with Gasteiger partial charge in [-0.3, -0.25) is 9.71 Å². The van der Waals surface area contributed by atoms with E-state index in [0.717, 1.165) is 22.7 Å². The lowest BCUT2D eigenvalue weighted by molar-refractivity contribution is 0.0475. The number of rotatable bonds is 5. The highest BCUT2D eigenvalue weighted by molar-refractivity contribution is 7.92. The number of hydrogen-bond acceptors (Lipinski definition) is 5. The first kappa shape index (κ1) is 16.9. The Labute approximate surface area is 145 Å². The molecular formula is C18H16N2O4S. The predicted octanol–water partition coefficient (Wildman–Crippen LogP) is 2.96. The fourth-order valence-corrected chi connectivity index (χ4v) is 3.03. The second kappa shape index (κ2) is 6.90. The molecule has 128 valence electrons. The third-order valence-electron chi connectivity index (χ3n) is 3.52. The number of nitrogens with zero attached hydrogens (tertiary/aromatic N) is 1. The van der Waals surface area contributed by atoms with Crippen LogP contribution in [0.1, 0.15) is 15.9 Å². The number of nitrogens with one attached hydrogen (secondary N) is 1. The van der Waals surface area contributed by atoms with Gasteiger partial charge in [0.2, 0.25) is 10.0 Å². The molecule has 6 nitrogen and oxygen atoms in total. The van der Waals surface area contributed by atoms with E-state index in [2.05, 4.69) is 9.71 Å². The summed E-state index contributed by atoms with van der Waals surface area (Å²) in [6.07, 6.45) is 2.70. The number of carbonyl (C=O) groups is 1. The van der Waals surface area contributed by atoms with E-state index in [0.29, 0.717) is 0 Å². The standard InChI is InChI=1S/C18H16N2O4S/c1-25(22,23)20-16-10-3-2-9-15(16)18(21)24-12-14-7-4-6-13-8-5-11-19-17(13)14/h2-11,20H,12H2,1H3. The number of hydrogen-bond donors (Lipinski definition) is 1. The molecule has 0 fully saturated rings. The maximum Gasteiger partial charge on any atom is 0.340 e. The van der Waals surface area contributed by atoms with Crippen LogP contribution < -0.4 is 4.72 Å². The molecule has 0 unspecified atom stereocenters. The average Bonchev–Trinajstić information content (AvgIpc) is 2.58. The molecule has 0 bridgehead atoms. The van der Waals surface area contributed by atoms with Crippen molar-refractivity contribution in [1.29, 1.82) is 0 Å². The first-order valence-electron chi connectivity index (χ1n) is 7.50. The van der Waals surface area contributed by atoms with Crippen LogP contribution in [0.5, 0.6) is 0 Å². The summed E-state index contributed by atoms with van der Waals surface area (Å²) in [6, 6.07) is 15.7. The lowest BCUT2D eigenvalue weighted by Gasteiger charge is -2.11. The molecule has 1 N–H and O–H groups in total. The van der Waals surface area contributed by atoms with Crippen molar-refractivity contribution >= 4 is 32.6 Å². The summed E-state index contributed by atoms with van der Waals surface area (Å²) in [4.78, 5) is 16.7. The predicted molar refractivity (Wildman–Crippen MR) is 95.8 cm³/mol. The number of fused-ring (bicyclic) bond motifs is 1. The van der Waals surface area contributed by atoms with Crippen molar-refractivity contribution in [3.8, 4) is 0 Å². The third kappa shape index (κ3) is 4.13. The van der Waals surface area contributed by atoms with Gasteiger partial charge in [0.25, 0.3) is 0 Å². The van der Waals surface area contributed by atoms with E-state index in [1.165, 1.54) is 12.1 Å². The van der Waals surface area contributed by atoms with Crippen LogP contribution in [-0.4, -0.2) is 25.6 Å². The first-order valence-corrected chi connectivity index (χ1v) is 9.40. The van der Waals surface area contributed by atoms with Crippen molar-refractivity contribution in [3.63, 3.8) is 0 Å². The Morgan fingerprint density at radius 1 is 1.08 bits per heavy atom. The monoisotopic (exact) mass is 356 g/mol. The van der Waals surface area contributed by atoms with Crippen LogP contribution >= 0.6 is 0 Å². The zero-order valence-corrected chi connectivity index (χ0v) is 14.3. The van der Waals surface area contributed by atoms with E-state index in [1.807, 2.05) is 30.3 Å². The molecule has 1 heterocycles. The number of anilines is 1. The zero-order valence-electron chi connectivity index (χ0n) is 13.5. The minimum Gasteiger partial charge on any atom is -0.457 e. The van der Waals surface area contributed by atoms with Crippen LogP contribution in [-0.2, 0) is 21.4 Å². The topological polar surface area (TPSA) is 85.4 Å². The summed E-state index contributed by atoms with van der Waals surface area (Å²) in [6.45, 7) is 0.0421. The summed E-state index contributed by atoms with van der Waals surface area (Å²) in [7, 11) is -3.50. The minimum atomic E-state index is -3.50. The van der Waals surface area contributed by atoms with Gasteiger partial charge in [-0.1, -0.05) is 36.4 Å². The molecule has 25 heavy (non-hydrogen) atoms. The maximum absolute atomic E-state index is 12.4. The van der Waals surface area contributed by atoms with Gasteiger partial charge in [-0.05, 0) is 18.2 Å². The van der Waals surface area contributed by atoms with Crippen molar-refractivity contribution in [2.24, 2.45) is 0 Å². The van der Waals surface area contributed by atoms with Gasteiger partial charge in [0.15, 0.2) is 0 Å². The molecule has 3 rings (SSSR count). The highest BCUT2D eigenvalue weighted by Crippen LogP contribution is 2.20. The lowest BCUT2D eigenvalue weighted by Crippen LogP contribution is -2.14. The zero-order chi connectivity index (χ0) is 17.9. The largest absolute Gasteiger partial charge is 0.457 e. The molecule has 0 saturated heterocycles. The number of sulfonamides is 1. The summed E-state index contributed by atoms with van der Waals surface area (Å²) in [5.41, 5.74) is 1.88. The van der Waals surface area contributed by atoms with Gasteiger partial charge in [-0.2, -0.15) is 0 Å². The highest BCUT2D eigenvalue weighted by atomic mass is 32.2. The second-order valence-electron chi connectivity index (χ2n) is 5.49. The van der Waals surface area contributed by atoms with E-state index in [4.69, 9.17) is 4.74 Å². The van der Waals surface area contributed by atoms with Crippen molar-refractivity contribution < 1.29 is 17.9 Å². The Morgan fingerprint density at radius 3 is 2.64 bits per heavy atom. The number of para-hydroxylation sites is 2. The third-order valence-corrected chi connectivity index (χ3v) is 4.11. The van der Waals surface area contributed by atoms with E-state index >= 15 is 0 Å². The quantitative estimate of drug-likeness (QED) is 0.711. The summed E-state index contributed by atoms with van der Waals surface area (Å²) < 4.78 is 30.5. The molecule has 0 saturated carbocycles. The highest BCUT2D eigenvalue weighted by Gasteiger charge is 2.15. The van der Waals surface area contributed by atoms with Crippen molar-refractivity contribution in [3.05, 3.63) is 71.9 Å². The molecule has 3 aromatic rings. The Morgan fingerprint density at radius 2 is 1.84 bits per heavy atom. The molecule has 0 spiro atoms. The van der Waals surface area contributed by atoms with Crippen LogP contribution in [0.25, 0.3) is 10.9 Å². The first-order chi connectivity index (χ1) is 11.9. The van der Waals surface area contributed by atoms with Gasteiger partial charge in [-0.15, -0.1) is 0 Å². The SMILES string of the molecule is CS(=O)(=O)Nc1ccccc1C(=O)OCc1cccc2cccnc12. The van der Waals surface area contributed by atoms with Crippen LogP contribution in [0.3, 0.4) is 0 Å². The van der Waals surface area contributed by atoms with Crippen LogP contribution in [0, 0.1) is 0 Å². The Kier molecular flexibility index (Phi) is 4.67. The van der Waals surface area contributed by atoms with Gasteiger partial charge in [0.05, 0.1) is 23.0 Å². The summed E-state index contributed by atoms with van der Waals surface area (Å²) >= 11 is 0. The van der Waals surface area contributed by atoms with Crippen LogP contribution in [0.4, 0.5) is 5.69 Å². The fourth-order valence-electron chi connectivity index (χ4n) is 2.45. The second-order valence-corrected chi connectivity index (χ2v) is 7.24. The van der Waals surface area contributed by atoms with Crippen LogP contribution in [0.2, 0.25) is 0 Å². The maximum atomic E-state index is 12.4. The Hall–Kier alpha value is -2.93. The smallest absolute Gasteiger partial charge is 0.340 e. The molecule has 0 aliphatic rings. The van der Waals surface area contributed by atoms with Gasteiger partial charge >= 0.3 is 5.97 Å². The lowest BCUT2D eigenvalue weighted by atomic mass is 10.1. The minimum absolute atomic E-state index is 0.0421. The fraction of sp³-hybridized carbons (Fsp3) is 0.111. The average molecular weight is 356 g/mol. The summed E-state index contributed by atoms with van der Waals surface area (Å²) in [5, 5.41) is 0.954. The number of ether oxygens (including phenoxy) is 1.